The Bertz CT molecular complexity index is 1480. The molecule has 1 amide bonds. The summed E-state index contributed by atoms with van der Waals surface area (Å²) in [7, 11) is 0. The number of aromatic nitrogens is 1. The van der Waals surface area contributed by atoms with Crippen molar-refractivity contribution in [1.29, 1.82) is 0 Å². The van der Waals surface area contributed by atoms with Crippen LogP contribution in [0.25, 0.3) is 22.2 Å². The summed E-state index contributed by atoms with van der Waals surface area (Å²) >= 11 is 0. The minimum atomic E-state index is -0.781. The molecule has 1 unspecified atom stereocenters. The fraction of sp³-hybridized carbons (Fsp3) is 0.281. The minimum Gasteiger partial charge on any atom is -0.487 e. The van der Waals surface area contributed by atoms with E-state index >= 15 is 0 Å². The third kappa shape index (κ3) is 5.70. The molecule has 3 aromatic carbocycles. The second kappa shape index (κ2) is 10.7. The molecular weight excluding hydrogens is 476 g/mol. The summed E-state index contributed by atoms with van der Waals surface area (Å²) in [6.07, 6.45) is 2.89. The van der Waals surface area contributed by atoms with E-state index in [1.165, 1.54) is 0 Å². The lowest BCUT2D eigenvalue weighted by Crippen LogP contribution is -2.41. The highest BCUT2D eigenvalue weighted by Gasteiger charge is 2.34. The number of amides is 1. The quantitative estimate of drug-likeness (QED) is 0.258. The van der Waals surface area contributed by atoms with Gasteiger partial charge in [-0.2, -0.15) is 0 Å². The van der Waals surface area contributed by atoms with Gasteiger partial charge in [0.2, 0.25) is 0 Å². The molecule has 6 nitrogen and oxygen atoms in total. The Balaban J connectivity index is 1.44. The van der Waals surface area contributed by atoms with Crippen molar-refractivity contribution in [3.63, 3.8) is 0 Å². The highest BCUT2D eigenvalue weighted by atomic mass is 16.5. The number of para-hydroxylation sites is 1. The number of unbranched alkanes of at least 4 members (excludes halogenated alkanes) is 1. The Morgan fingerprint density at radius 1 is 1.00 bits per heavy atom. The van der Waals surface area contributed by atoms with E-state index in [2.05, 4.69) is 11.4 Å². The summed E-state index contributed by atoms with van der Waals surface area (Å²) in [5.41, 5.74) is 4.95. The predicted octanol–water partition coefficient (Wildman–Crippen LogP) is 6.73. The van der Waals surface area contributed by atoms with Crippen molar-refractivity contribution in [2.45, 2.75) is 57.6 Å². The first-order valence-corrected chi connectivity index (χ1v) is 13.1. The second-order valence-electron chi connectivity index (χ2n) is 10.5. The third-order valence-corrected chi connectivity index (χ3v) is 6.97. The van der Waals surface area contributed by atoms with E-state index in [9.17, 15) is 9.59 Å². The summed E-state index contributed by atoms with van der Waals surface area (Å²) in [6, 6.07) is 25.4. The number of ether oxygens (including phenoxy) is 1. The Hall–Kier alpha value is -4.19. The normalized spacial score (nSPS) is 15.9. The zero-order chi connectivity index (χ0) is 26.7. The molecule has 1 aliphatic heterocycles. The number of carboxylic acids is 1. The van der Waals surface area contributed by atoms with Gasteiger partial charge in [-0.3, -0.25) is 9.59 Å². The number of aryl methyl sites for hydroxylation is 1. The standard InChI is InChI=1S/C32H32N2O4/c1-32(2)20-27(25-13-7-8-14-28(25)38-32)34-31(37)23-16-17-26-24(19-23)18-22(12-6-9-15-29(35)36)30(33-26)21-10-4-3-5-11-21/h3-5,7-8,10-11,13-14,16-19,27H,6,9,12,15,20H2,1-2H3,(H,34,37)(H,35,36). The molecule has 0 radical (unpaired) electrons. The van der Waals surface area contributed by atoms with Gasteiger partial charge in [0, 0.05) is 34.9 Å². The van der Waals surface area contributed by atoms with E-state index in [0.717, 1.165) is 45.5 Å². The Morgan fingerprint density at radius 3 is 2.55 bits per heavy atom. The maximum absolute atomic E-state index is 13.4. The van der Waals surface area contributed by atoms with Gasteiger partial charge in [-0.05, 0) is 69.0 Å². The van der Waals surface area contributed by atoms with Crippen LogP contribution in [0.5, 0.6) is 5.75 Å². The average molecular weight is 509 g/mol. The number of fused-ring (bicyclic) bond motifs is 2. The molecule has 0 fully saturated rings. The summed E-state index contributed by atoms with van der Waals surface area (Å²) in [5, 5.41) is 13.1. The molecule has 1 atom stereocenters. The second-order valence-corrected chi connectivity index (χ2v) is 10.5. The van der Waals surface area contributed by atoms with Crippen LogP contribution in [0.1, 0.15) is 67.1 Å². The SMILES string of the molecule is CC1(C)CC(NC(=O)c2ccc3nc(-c4ccccc4)c(CCCCC(=O)O)cc3c2)c2ccccc2O1. The van der Waals surface area contributed by atoms with Gasteiger partial charge in [0.05, 0.1) is 17.3 Å². The number of carboxylic acid groups (broad SMARTS) is 1. The number of nitrogens with zero attached hydrogens (tertiary/aromatic N) is 1. The molecule has 0 saturated carbocycles. The fourth-order valence-corrected chi connectivity index (χ4v) is 5.16. The van der Waals surface area contributed by atoms with Crippen LogP contribution in [0.2, 0.25) is 0 Å². The number of pyridine rings is 1. The van der Waals surface area contributed by atoms with Gasteiger partial charge < -0.3 is 15.2 Å². The average Bonchev–Trinajstić information content (AvgIpc) is 2.90. The predicted molar refractivity (Wildman–Crippen MR) is 148 cm³/mol. The number of hydrogen-bond acceptors (Lipinski definition) is 4. The van der Waals surface area contributed by atoms with Crippen molar-refractivity contribution in [3.05, 3.63) is 95.6 Å². The van der Waals surface area contributed by atoms with E-state index < -0.39 is 5.97 Å². The van der Waals surface area contributed by atoms with E-state index in [1.807, 2.05) is 86.6 Å². The third-order valence-electron chi connectivity index (χ3n) is 6.97. The van der Waals surface area contributed by atoms with Gasteiger partial charge in [-0.15, -0.1) is 0 Å². The largest absolute Gasteiger partial charge is 0.487 e. The highest BCUT2D eigenvalue weighted by Crippen LogP contribution is 2.39. The lowest BCUT2D eigenvalue weighted by atomic mass is 9.89. The van der Waals surface area contributed by atoms with E-state index in [4.69, 9.17) is 14.8 Å². The summed E-state index contributed by atoms with van der Waals surface area (Å²) in [6.45, 7) is 4.07. The van der Waals surface area contributed by atoms with Crippen molar-refractivity contribution in [1.82, 2.24) is 10.3 Å². The summed E-state index contributed by atoms with van der Waals surface area (Å²) in [5.74, 6) is -0.117. The number of carbonyl (C=O) groups excluding carboxylic acids is 1. The molecule has 0 bridgehead atoms. The van der Waals surface area contributed by atoms with Crippen molar-refractivity contribution < 1.29 is 19.4 Å². The summed E-state index contributed by atoms with van der Waals surface area (Å²) < 4.78 is 6.12. The maximum Gasteiger partial charge on any atom is 0.303 e. The maximum atomic E-state index is 13.4. The number of hydrogen-bond donors (Lipinski definition) is 2. The molecule has 4 aromatic rings. The van der Waals surface area contributed by atoms with Crippen LogP contribution < -0.4 is 10.1 Å². The van der Waals surface area contributed by atoms with E-state index in [-0.39, 0.29) is 24.0 Å². The molecule has 6 heteroatoms. The topological polar surface area (TPSA) is 88.5 Å². The van der Waals surface area contributed by atoms with Gasteiger partial charge in [0.25, 0.3) is 5.91 Å². The molecular formula is C32H32N2O4. The number of benzene rings is 3. The van der Waals surface area contributed by atoms with Crippen LogP contribution in [-0.4, -0.2) is 27.6 Å². The highest BCUT2D eigenvalue weighted by molar-refractivity contribution is 5.98. The van der Waals surface area contributed by atoms with E-state index in [1.54, 1.807) is 0 Å². The van der Waals surface area contributed by atoms with Crippen LogP contribution in [0.4, 0.5) is 0 Å². The van der Waals surface area contributed by atoms with Gasteiger partial charge in [-0.1, -0.05) is 48.5 Å². The monoisotopic (exact) mass is 508 g/mol. The van der Waals surface area contributed by atoms with Crippen LogP contribution in [0.15, 0.2) is 78.9 Å². The molecule has 0 spiro atoms. The first-order chi connectivity index (χ1) is 18.3. The number of aliphatic carboxylic acids is 1. The van der Waals surface area contributed by atoms with Gasteiger partial charge in [0.1, 0.15) is 11.4 Å². The van der Waals surface area contributed by atoms with Crippen LogP contribution in [0, 0.1) is 0 Å². The van der Waals surface area contributed by atoms with Gasteiger partial charge in [-0.25, -0.2) is 4.98 Å². The van der Waals surface area contributed by atoms with Crippen LogP contribution in [-0.2, 0) is 11.2 Å². The number of rotatable bonds is 8. The number of carbonyl (C=O) groups is 2. The first-order valence-electron chi connectivity index (χ1n) is 13.1. The van der Waals surface area contributed by atoms with E-state index in [0.29, 0.717) is 24.8 Å². The lowest BCUT2D eigenvalue weighted by molar-refractivity contribution is -0.137. The molecule has 5 rings (SSSR count). The summed E-state index contributed by atoms with van der Waals surface area (Å²) in [4.78, 5) is 29.3. The molecule has 1 aliphatic rings. The van der Waals surface area contributed by atoms with Crippen LogP contribution in [0.3, 0.4) is 0 Å². The van der Waals surface area contributed by atoms with Crippen molar-refractivity contribution in [2.75, 3.05) is 0 Å². The smallest absolute Gasteiger partial charge is 0.303 e. The molecule has 0 aliphatic carbocycles. The Labute approximate surface area is 222 Å². The first kappa shape index (κ1) is 25.5. The molecule has 38 heavy (non-hydrogen) atoms. The lowest BCUT2D eigenvalue weighted by Gasteiger charge is -2.37. The van der Waals surface area contributed by atoms with Gasteiger partial charge >= 0.3 is 5.97 Å². The van der Waals surface area contributed by atoms with Crippen molar-refractivity contribution in [3.8, 4) is 17.0 Å². The Morgan fingerprint density at radius 2 is 1.76 bits per heavy atom. The molecule has 194 valence electrons. The van der Waals surface area contributed by atoms with Gasteiger partial charge in [0.15, 0.2) is 0 Å². The fourth-order valence-electron chi connectivity index (χ4n) is 5.16. The Kier molecular flexibility index (Phi) is 7.14. The van der Waals surface area contributed by atoms with Crippen molar-refractivity contribution in [2.24, 2.45) is 0 Å². The molecule has 2 heterocycles. The zero-order valence-corrected chi connectivity index (χ0v) is 21.7. The van der Waals surface area contributed by atoms with Crippen LogP contribution >= 0.6 is 0 Å². The molecule has 1 aromatic heterocycles. The van der Waals surface area contributed by atoms with Crippen molar-refractivity contribution >= 4 is 22.8 Å². The molecule has 2 N–H and O–H groups in total. The zero-order valence-electron chi connectivity index (χ0n) is 21.7. The minimum absolute atomic E-state index is 0.139. The number of nitrogens with one attached hydrogen (secondary N) is 1. The molecule has 0 saturated heterocycles.